The molecular weight excluding hydrogens is 793 g/mol. The highest BCUT2D eigenvalue weighted by Crippen LogP contribution is 2.30. The van der Waals surface area contributed by atoms with E-state index in [1.807, 2.05) is 22.6 Å². The number of hydroxylamine groups is 2. The summed E-state index contributed by atoms with van der Waals surface area (Å²) in [7, 11) is 5.74. The summed E-state index contributed by atoms with van der Waals surface area (Å²) < 4.78 is 36.9. The third kappa shape index (κ3) is 10.4. The first kappa shape index (κ1) is 38.0. The largest absolute Gasteiger partial charge is 0.496 e. The molecule has 4 rings (SSSR count). The molecule has 45 heavy (non-hydrogen) atoms. The highest BCUT2D eigenvalue weighted by Gasteiger charge is 2.20. The second kappa shape index (κ2) is 17.5. The summed E-state index contributed by atoms with van der Waals surface area (Å²) in [6.45, 7) is 0. The molecule has 0 atom stereocenters. The number of rotatable bonds is 6. The summed E-state index contributed by atoms with van der Waals surface area (Å²) in [6.07, 6.45) is 0. The molecule has 2 heterocycles. The van der Waals surface area contributed by atoms with E-state index in [-0.39, 0.29) is 60.3 Å². The Balaban J connectivity index is 0.000000248. The molecule has 2 aromatic carbocycles. The monoisotopic (exact) mass is 815 g/mol. The summed E-state index contributed by atoms with van der Waals surface area (Å²) >= 11 is 24.4. The first-order valence-corrected chi connectivity index (χ1v) is 14.7. The minimum Gasteiger partial charge on any atom is -0.496 e. The van der Waals surface area contributed by atoms with Crippen LogP contribution in [0.25, 0.3) is 0 Å². The van der Waals surface area contributed by atoms with Crippen LogP contribution in [0.5, 0.6) is 11.5 Å². The van der Waals surface area contributed by atoms with Crippen molar-refractivity contribution >= 4 is 92.3 Å². The number of benzene rings is 2. The highest BCUT2D eigenvalue weighted by atomic mass is 127. The standard InChI is InChI=1S/C13H9Cl2FN2O2.C8H10ClN3O2.C7H5ClFIO/c1-20-10-5-8(14)9(16)4-7(10)12(19)6-2-3-11(15)18-13(6)17;1-12(14-2)8(13)5-3-4-6(9)11-7(5)10;1-11-7-2-4(8)5(9)3-6(7)10/h2-5H,1H3,(H2,17,18);3-4H,1-2H3,(H2,10,11);2-3H,1H3. The molecule has 10 nitrogen and oxygen atoms in total. The van der Waals surface area contributed by atoms with Crippen LogP contribution in [0.3, 0.4) is 0 Å². The number of carbonyl (C=O) groups excluding carboxylic acids is 2. The molecule has 4 N–H and O–H groups in total. The lowest BCUT2D eigenvalue weighted by Crippen LogP contribution is -2.26. The number of hydrogen-bond donors (Lipinski definition) is 2. The van der Waals surface area contributed by atoms with Gasteiger partial charge in [-0.1, -0.05) is 46.4 Å². The Morgan fingerprint density at radius 2 is 1.22 bits per heavy atom. The van der Waals surface area contributed by atoms with Crippen molar-refractivity contribution in [3.05, 3.63) is 101 Å². The number of carbonyl (C=O) groups is 2. The fourth-order valence-corrected chi connectivity index (χ4v) is 4.47. The Kier molecular flexibility index (Phi) is 14.7. The van der Waals surface area contributed by atoms with Crippen molar-refractivity contribution in [3.8, 4) is 11.5 Å². The maximum absolute atomic E-state index is 13.5. The van der Waals surface area contributed by atoms with Crippen molar-refractivity contribution < 1.29 is 32.7 Å². The molecule has 17 heteroatoms. The lowest BCUT2D eigenvalue weighted by atomic mass is 10.0. The zero-order chi connectivity index (χ0) is 34.0. The lowest BCUT2D eigenvalue weighted by molar-refractivity contribution is -0.0756. The Morgan fingerprint density at radius 3 is 1.69 bits per heavy atom. The number of anilines is 2. The molecule has 2 aromatic heterocycles. The van der Waals surface area contributed by atoms with Gasteiger partial charge in [0.1, 0.15) is 45.1 Å². The topological polar surface area (TPSA) is 143 Å². The predicted molar refractivity (Wildman–Crippen MR) is 178 cm³/mol. The number of nitrogen functional groups attached to an aromatic ring is 2. The molecule has 0 bridgehead atoms. The van der Waals surface area contributed by atoms with Gasteiger partial charge >= 0.3 is 0 Å². The normalized spacial score (nSPS) is 10.1. The maximum atomic E-state index is 13.5. The molecular formula is C28H24Cl4F2IN5O5. The van der Waals surface area contributed by atoms with Crippen LogP contribution in [0.15, 0.2) is 48.5 Å². The minimum absolute atomic E-state index is 0.00484. The average Bonchev–Trinajstić information content (AvgIpc) is 2.99. The van der Waals surface area contributed by atoms with Crippen molar-refractivity contribution in [1.29, 1.82) is 0 Å². The second-order valence-electron chi connectivity index (χ2n) is 8.32. The van der Waals surface area contributed by atoms with Crippen molar-refractivity contribution in [3.63, 3.8) is 0 Å². The molecule has 0 fully saturated rings. The number of methoxy groups -OCH3 is 2. The number of amides is 1. The van der Waals surface area contributed by atoms with E-state index >= 15 is 0 Å². The van der Waals surface area contributed by atoms with E-state index in [9.17, 15) is 18.4 Å². The molecule has 4 aromatic rings. The van der Waals surface area contributed by atoms with Crippen LogP contribution < -0.4 is 20.9 Å². The summed E-state index contributed by atoms with van der Waals surface area (Å²) in [5.41, 5.74) is 11.5. The van der Waals surface area contributed by atoms with E-state index in [2.05, 4.69) is 9.97 Å². The fraction of sp³-hybridized carbons (Fsp3) is 0.143. The molecule has 240 valence electrons. The first-order valence-electron chi connectivity index (χ1n) is 12.1. The number of ether oxygens (including phenoxy) is 2. The summed E-state index contributed by atoms with van der Waals surface area (Å²) in [4.78, 5) is 36.2. The van der Waals surface area contributed by atoms with Gasteiger partial charge in [0.05, 0.1) is 51.6 Å². The molecule has 0 aliphatic carbocycles. The van der Waals surface area contributed by atoms with Crippen LogP contribution in [0, 0.1) is 15.2 Å². The van der Waals surface area contributed by atoms with E-state index in [1.165, 1.54) is 70.8 Å². The van der Waals surface area contributed by atoms with Crippen LogP contribution >= 0.6 is 69.0 Å². The van der Waals surface area contributed by atoms with Crippen LogP contribution in [0.4, 0.5) is 20.4 Å². The Bertz CT molecular complexity index is 1700. The quantitative estimate of drug-likeness (QED) is 0.0670. The van der Waals surface area contributed by atoms with Crippen molar-refractivity contribution in [2.45, 2.75) is 0 Å². The molecule has 0 unspecified atom stereocenters. The number of ketones is 1. The lowest BCUT2D eigenvalue weighted by Gasteiger charge is -2.14. The van der Waals surface area contributed by atoms with Gasteiger partial charge in [0.25, 0.3) is 5.91 Å². The fourth-order valence-electron chi connectivity index (χ4n) is 3.21. The molecule has 0 saturated heterocycles. The minimum atomic E-state index is -0.726. The van der Waals surface area contributed by atoms with E-state index < -0.39 is 17.4 Å². The van der Waals surface area contributed by atoms with Crippen LogP contribution in [-0.4, -0.2) is 55.1 Å². The smallest absolute Gasteiger partial charge is 0.280 e. The van der Waals surface area contributed by atoms with Gasteiger partial charge in [-0.25, -0.2) is 23.8 Å². The van der Waals surface area contributed by atoms with Crippen LogP contribution in [0.2, 0.25) is 20.4 Å². The van der Waals surface area contributed by atoms with E-state index in [0.717, 1.165) is 11.1 Å². The molecule has 0 spiro atoms. The Hall–Kier alpha value is -3.21. The number of nitrogens with two attached hydrogens (primary N) is 2. The van der Waals surface area contributed by atoms with Crippen molar-refractivity contribution in [2.75, 3.05) is 39.8 Å². The van der Waals surface area contributed by atoms with Crippen molar-refractivity contribution in [2.24, 2.45) is 0 Å². The summed E-state index contributed by atoms with van der Waals surface area (Å²) in [5, 5.41) is 1.41. The molecule has 0 aliphatic rings. The summed E-state index contributed by atoms with van der Waals surface area (Å²) in [6, 6.07) is 10.8. The van der Waals surface area contributed by atoms with Crippen LogP contribution in [-0.2, 0) is 4.84 Å². The third-order valence-electron chi connectivity index (χ3n) is 5.50. The van der Waals surface area contributed by atoms with Gasteiger partial charge in [-0.2, -0.15) is 0 Å². The van der Waals surface area contributed by atoms with Gasteiger partial charge in [-0.3, -0.25) is 14.4 Å². The van der Waals surface area contributed by atoms with Crippen LogP contribution in [0.1, 0.15) is 26.3 Å². The van der Waals surface area contributed by atoms with Gasteiger partial charge in [0, 0.05) is 19.2 Å². The van der Waals surface area contributed by atoms with Crippen molar-refractivity contribution in [1.82, 2.24) is 15.0 Å². The van der Waals surface area contributed by atoms with Gasteiger partial charge < -0.3 is 20.9 Å². The number of halogens is 7. The Morgan fingerprint density at radius 1 is 0.756 bits per heavy atom. The molecule has 0 aliphatic heterocycles. The molecule has 0 radical (unpaired) electrons. The van der Waals surface area contributed by atoms with E-state index in [1.54, 1.807) is 0 Å². The zero-order valence-electron chi connectivity index (χ0n) is 23.8. The third-order valence-corrected chi connectivity index (χ3v) is 7.34. The number of aromatic nitrogens is 2. The predicted octanol–water partition coefficient (Wildman–Crippen LogP) is 7.39. The first-order chi connectivity index (χ1) is 21.1. The average molecular weight is 817 g/mol. The van der Waals surface area contributed by atoms with Gasteiger partial charge in [-0.15, -0.1) is 0 Å². The summed E-state index contributed by atoms with van der Waals surface area (Å²) in [5.74, 6) is -1.25. The second-order valence-corrected chi connectivity index (χ2v) is 11.1. The SMILES string of the molecule is CON(C)C(=O)c1ccc(Cl)nc1N.COc1cc(Cl)c(F)cc1C(=O)c1ccc(Cl)nc1N.COc1cc(Cl)c(F)cc1I. The Labute approximate surface area is 290 Å². The van der Waals surface area contributed by atoms with Gasteiger partial charge in [0.2, 0.25) is 5.78 Å². The number of hydrogen-bond acceptors (Lipinski definition) is 9. The highest BCUT2D eigenvalue weighted by molar-refractivity contribution is 14.1. The van der Waals surface area contributed by atoms with E-state index in [4.69, 9.17) is 72.2 Å². The molecule has 1 amide bonds. The molecule has 0 saturated carbocycles. The maximum Gasteiger partial charge on any atom is 0.280 e. The number of pyridine rings is 2. The van der Waals surface area contributed by atoms with E-state index in [0.29, 0.717) is 9.32 Å². The number of nitrogens with zero attached hydrogens (tertiary/aromatic N) is 3. The van der Waals surface area contributed by atoms with Gasteiger partial charge in [-0.05, 0) is 59.0 Å². The van der Waals surface area contributed by atoms with Gasteiger partial charge in [0.15, 0.2) is 0 Å². The zero-order valence-corrected chi connectivity index (χ0v) is 29.0.